The first-order valence-electron chi connectivity index (χ1n) is 8.95. The van der Waals surface area contributed by atoms with Crippen molar-refractivity contribution in [1.82, 2.24) is 0 Å². The minimum absolute atomic E-state index is 0.159. The Morgan fingerprint density at radius 2 is 1.64 bits per heavy atom. The minimum Gasteiger partial charge on any atom is -0.434 e. The van der Waals surface area contributed by atoms with Gasteiger partial charge < -0.3 is 9.47 Å². The second-order valence-corrected chi connectivity index (χ2v) is 6.87. The Morgan fingerprint density at radius 3 is 2.36 bits per heavy atom. The molecule has 0 saturated carbocycles. The Kier molecular flexibility index (Phi) is 7.05. The first-order chi connectivity index (χ1) is 12.0. The highest BCUT2D eigenvalue weighted by Gasteiger charge is 2.20. The summed E-state index contributed by atoms with van der Waals surface area (Å²) in [6.45, 7) is 7.36. The molecule has 2 aromatic carbocycles. The SMILES string of the molecule is CCC(C)(C)c1ccccc1CCCOC(=O)OCc1ccccc1. The van der Waals surface area contributed by atoms with Gasteiger partial charge in [-0.3, -0.25) is 0 Å². The van der Waals surface area contributed by atoms with Crippen molar-refractivity contribution in [2.75, 3.05) is 6.61 Å². The van der Waals surface area contributed by atoms with Gasteiger partial charge in [-0.1, -0.05) is 75.4 Å². The molecule has 0 fully saturated rings. The van der Waals surface area contributed by atoms with Crippen LogP contribution in [0.25, 0.3) is 0 Å². The predicted molar refractivity (Wildman–Crippen MR) is 101 cm³/mol. The fourth-order valence-electron chi connectivity index (χ4n) is 2.77. The van der Waals surface area contributed by atoms with Gasteiger partial charge in [0.25, 0.3) is 0 Å². The fourth-order valence-corrected chi connectivity index (χ4v) is 2.77. The highest BCUT2D eigenvalue weighted by Crippen LogP contribution is 2.30. The molecule has 134 valence electrons. The topological polar surface area (TPSA) is 35.5 Å². The van der Waals surface area contributed by atoms with Gasteiger partial charge in [-0.2, -0.15) is 0 Å². The van der Waals surface area contributed by atoms with E-state index in [4.69, 9.17) is 9.47 Å². The molecule has 0 N–H and O–H groups in total. The number of hydrogen-bond acceptors (Lipinski definition) is 3. The second kappa shape index (κ2) is 9.26. The Morgan fingerprint density at radius 1 is 0.960 bits per heavy atom. The van der Waals surface area contributed by atoms with Crippen LogP contribution in [0.2, 0.25) is 0 Å². The number of carbonyl (C=O) groups excluding carboxylic acids is 1. The van der Waals surface area contributed by atoms with E-state index in [1.54, 1.807) is 0 Å². The van der Waals surface area contributed by atoms with Crippen molar-refractivity contribution in [2.24, 2.45) is 0 Å². The molecule has 0 aliphatic carbocycles. The molecular weight excluding hydrogens is 312 g/mol. The molecule has 0 heterocycles. The molecule has 2 aromatic rings. The number of aryl methyl sites for hydroxylation is 1. The van der Waals surface area contributed by atoms with E-state index in [0.29, 0.717) is 6.61 Å². The van der Waals surface area contributed by atoms with Gasteiger partial charge in [0.2, 0.25) is 0 Å². The zero-order valence-electron chi connectivity index (χ0n) is 15.5. The molecule has 0 saturated heterocycles. The predicted octanol–water partition coefficient (Wildman–Crippen LogP) is 5.66. The Labute approximate surface area is 151 Å². The summed E-state index contributed by atoms with van der Waals surface area (Å²) in [6.07, 6.45) is 2.17. The summed E-state index contributed by atoms with van der Waals surface area (Å²) in [4.78, 5) is 11.7. The molecule has 25 heavy (non-hydrogen) atoms. The quantitative estimate of drug-likeness (QED) is 0.459. The Bertz CT molecular complexity index is 662. The summed E-state index contributed by atoms with van der Waals surface area (Å²) < 4.78 is 10.3. The van der Waals surface area contributed by atoms with Crippen LogP contribution >= 0.6 is 0 Å². The van der Waals surface area contributed by atoms with Crippen molar-refractivity contribution in [3.63, 3.8) is 0 Å². The molecule has 2 rings (SSSR count). The third-order valence-electron chi connectivity index (χ3n) is 4.64. The average Bonchev–Trinajstić information content (AvgIpc) is 2.64. The summed E-state index contributed by atoms with van der Waals surface area (Å²) >= 11 is 0. The maximum absolute atomic E-state index is 11.7. The van der Waals surface area contributed by atoms with Crippen molar-refractivity contribution in [3.05, 3.63) is 71.3 Å². The number of hydrogen-bond donors (Lipinski definition) is 0. The van der Waals surface area contributed by atoms with Crippen molar-refractivity contribution in [1.29, 1.82) is 0 Å². The summed E-state index contributed by atoms with van der Waals surface area (Å²) in [5.41, 5.74) is 3.82. The lowest BCUT2D eigenvalue weighted by atomic mass is 9.79. The Balaban J connectivity index is 1.75. The molecule has 3 nitrogen and oxygen atoms in total. The van der Waals surface area contributed by atoms with E-state index in [9.17, 15) is 4.79 Å². The van der Waals surface area contributed by atoms with Crippen molar-refractivity contribution in [3.8, 4) is 0 Å². The lowest BCUT2D eigenvalue weighted by Crippen LogP contribution is -2.18. The van der Waals surface area contributed by atoms with Gasteiger partial charge in [-0.15, -0.1) is 0 Å². The first kappa shape index (κ1) is 19.0. The molecule has 0 aliphatic heterocycles. The second-order valence-electron chi connectivity index (χ2n) is 6.87. The molecule has 0 radical (unpaired) electrons. The average molecular weight is 340 g/mol. The van der Waals surface area contributed by atoms with Gasteiger partial charge in [0, 0.05) is 0 Å². The van der Waals surface area contributed by atoms with Crippen LogP contribution in [0.5, 0.6) is 0 Å². The molecule has 3 heteroatoms. The third-order valence-corrected chi connectivity index (χ3v) is 4.64. The molecular formula is C22H28O3. The summed E-state index contributed by atoms with van der Waals surface area (Å²) in [7, 11) is 0. The largest absolute Gasteiger partial charge is 0.508 e. The summed E-state index contributed by atoms with van der Waals surface area (Å²) in [6, 6.07) is 18.1. The molecule has 0 unspecified atom stereocenters. The number of benzene rings is 2. The number of carbonyl (C=O) groups is 1. The van der Waals surface area contributed by atoms with Crippen LogP contribution in [0.4, 0.5) is 4.79 Å². The van der Waals surface area contributed by atoms with Gasteiger partial charge in [0.05, 0.1) is 6.61 Å². The normalized spacial score (nSPS) is 11.2. The van der Waals surface area contributed by atoms with Crippen LogP contribution < -0.4 is 0 Å². The van der Waals surface area contributed by atoms with E-state index in [1.165, 1.54) is 11.1 Å². The van der Waals surface area contributed by atoms with Gasteiger partial charge in [-0.05, 0) is 41.4 Å². The molecule has 0 atom stereocenters. The standard InChI is InChI=1S/C22H28O3/c1-4-22(2,3)20-15-9-8-13-19(20)14-10-16-24-21(23)25-17-18-11-6-5-7-12-18/h5-9,11-13,15H,4,10,14,16-17H2,1-3H3. The highest BCUT2D eigenvalue weighted by molar-refractivity contribution is 5.59. The maximum atomic E-state index is 11.7. The smallest absolute Gasteiger partial charge is 0.434 e. The van der Waals surface area contributed by atoms with Gasteiger partial charge >= 0.3 is 6.16 Å². The lowest BCUT2D eigenvalue weighted by molar-refractivity contribution is 0.0492. The zero-order valence-corrected chi connectivity index (χ0v) is 15.5. The minimum atomic E-state index is -0.606. The van der Waals surface area contributed by atoms with Crippen LogP contribution in [0.3, 0.4) is 0 Å². The Hall–Kier alpha value is -2.29. The zero-order chi connectivity index (χ0) is 18.1. The van der Waals surface area contributed by atoms with Crippen molar-refractivity contribution < 1.29 is 14.3 Å². The highest BCUT2D eigenvalue weighted by atomic mass is 16.7. The lowest BCUT2D eigenvalue weighted by Gasteiger charge is -2.26. The van der Waals surface area contributed by atoms with Crippen LogP contribution in [0, 0.1) is 0 Å². The van der Waals surface area contributed by atoms with E-state index in [2.05, 4.69) is 45.0 Å². The van der Waals surface area contributed by atoms with Crippen LogP contribution in [0.15, 0.2) is 54.6 Å². The summed E-state index contributed by atoms with van der Waals surface area (Å²) in [5.74, 6) is 0. The third kappa shape index (κ3) is 5.93. The van der Waals surface area contributed by atoms with Crippen LogP contribution in [0.1, 0.15) is 50.3 Å². The van der Waals surface area contributed by atoms with E-state index in [0.717, 1.165) is 24.8 Å². The number of rotatable bonds is 8. The van der Waals surface area contributed by atoms with Gasteiger partial charge in [-0.25, -0.2) is 4.79 Å². The van der Waals surface area contributed by atoms with E-state index in [-0.39, 0.29) is 12.0 Å². The van der Waals surface area contributed by atoms with Crippen molar-refractivity contribution in [2.45, 2.75) is 52.1 Å². The van der Waals surface area contributed by atoms with Crippen LogP contribution in [-0.2, 0) is 27.9 Å². The molecule has 0 bridgehead atoms. The van der Waals surface area contributed by atoms with E-state index >= 15 is 0 Å². The number of ether oxygens (including phenoxy) is 2. The fraction of sp³-hybridized carbons (Fsp3) is 0.409. The monoisotopic (exact) mass is 340 g/mol. The van der Waals surface area contributed by atoms with Crippen LogP contribution in [-0.4, -0.2) is 12.8 Å². The molecule has 0 spiro atoms. The van der Waals surface area contributed by atoms with E-state index < -0.39 is 6.16 Å². The maximum Gasteiger partial charge on any atom is 0.508 e. The van der Waals surface area contributed by atoms with E-state index in [1.807, 2.05) is 30.3 Å². The van der Waals surface area contributed by atoms with Gasteiger partial charge in [0.1, 0.15) is 6.61 Å². The van der Waals surface area contributed by atoms with Gasteiger partial charge in [0.15, 0.2) is 0 Å². The molecule has 0 aromatic heterocycles. The first-order valence-corrected chi connectivity index (χ1v) is 8.95. The molecule has 0 amide bonds. The summed E-state index contributed by atoms with van der Waals surface area (Å²) in [5, 5.41) is 0. The molecule has 0 aliphatic rings. The van der Waals surface area contributed by atoms with Crippen molar-refractivity contribution >= 4 is 6.16 Å².